The number of nitrogens with two attached hydrogens (primary N) is 1. The van der Waals surface area contributed by atoms with Crippen LogP contribution in [0.2, 0.25) is 0 Å². The van der Waals surface area contributed by atoms with Gasteiger partial charge >= 0.3 is 6.18 Å². The lowest BCUT2D eigenvalue weighted by molar-refractivity contribution is -0.138. The molecule has 0 aliphatic carbocycles. The molecule has 2 N–H and O–H groups in total. The van der Waals surface area contributed by atoms with E-state index >= 15 is 0 Å². The van der Waals surface area contributed by atoms with Gasteiger partial charge in [-0.05, 0) is 42.8 Å². The van der Waals surface area contributed by atoms with Gasteiger partial charge in [0.05, 0.1) is 5.56 Å². The second-order valence-electron chi connectivity index (χ2n) is 4.39. The van der Waals surface area contributed by atoms with Crippen LogP contribution in [0.15, 0.2) is 46.9 Å². The molecular weight excluding hydrogens is 347 g/mol. The molecule has 2 aromatic rings. The number of alkyl halides is 3. The van der Waals surface area contributed by atoms with Crippen LogP contribution in [0.5, 0.6) is 11.5 Å². The Hall–Kier alpha value is -1.53. The van der Waals surface area contributed by atoms with E-state index in [1.807, 2.05) is 0 Å². The summed E-state index contributed by atoms with van der Waals surface area (Å²) in [6.45, 7) is 0.388. The van der Waals surface area contributed by atoms with Gasteiger partial charge in [0, 0.05) is 4.47 Å². The maximum absolute atomic E-state index is 13.0. The Labute approximate surface area is 128 Å². The highest BCUT2D eigenvalue weighted by Crippen LogP contribution is 2.39. The predicted octanol–water partition coefficient (Wildman–Crippen LogP) is 4.76. The van der Waals surface area contributed by atoms with Crippen molar-refractivity contribution in [3.05, 3.63) is 58.1 Å². The number of halogens is 4. The number of rotatable bonds is 4. The maximum Gasteiger partial charge on any atom is 0.419 e. The zero-order valence-corrected chi connectivity index (χ0v) is 12.5. The van der Waals surface area contributed by atoms with Gasteiger partial charge in [-0.1, -0.05) is 34.1 Å². The molecule has 2 nitrogen and oxygen atoms in total. The zero-order valence-electron chi connectivity index (χ0n) is 11.0. The molecule has 0 saturated heterocycles. The molecule has 0 saturated carbocycles. The van der Waals surface area contributed by atoms with E-state index in [-0.39, 0.29) is 5.75 Å². The number of benzene rings is 2. The van der Waals surface area contributed by atoms with Crippen LogP contribution in [-0.4, -0.2) is 6.54 Å². The van der Waals surface area contributed by atoms with Crippen LogP contribution in [0.3, 0.4) is 0 Å². The van der Waals surface area contributed by atoms with Gasteiger partial charge in [0.25, 0.3) is 0 Å². The van der Waals surface area contributed by atoms with Gasteiger partial charge in [0.1, 0.15) is 11.5 Å². The third-order valence-electron chi connectivity index (χ3n) is 2.86. The minimum absolute atomic E-state index is 0.221. The van der Waals surface area contributed by atoms with Gasteiger partial charge in [-0.2, -0.15) is 13.2 Å². The molecule has 0 atom stereocenters. The van der Waals surface area contributed by atoms with Crippen molar-refractivity contribution < 1.29 is 17.9 Å². The Morgan fingerprint density at radius 1 is 1.05 bits per heavy atom. The molecule has 0 heterocycles. The summed E-state index contributed by atoms with van der Waals surface area (Å²) in [5.41, 5.74) is 5.47. The van der Waals surface area contributed by atoms with E-state index in [2.05, 4.69) is 15.9 Å². The molecule has 0 aliphatic rings. The van der Waals surface area contributed by atoms with Gasteiger partial charge in [-0.3, -0.25) is 0 Å². The fourth-order valence-corrected chi connectivity index (χ4v) is 2.23. The van der Waals surface area contributed by atoms with Crippen LogP contribution in [-0.2, 0) is 12.6 Å². The number of ether oxygens (including phenoxy) is 1. The molecule has 0 amide bonds. The Balaban J connectivity index is 2.41. The van der Waals surface area contributed by atoms with Crippen molar-refractivity contribution in [3.63, 3.8) is 0 Å². The monoisotopic (exact) mass is 359 g/mol. The molecule has 112 valence electrons. The minimum atomic E-state index is -4.46. The molecular formula is C15H13BrF3NO. The van der Waals surface area contributed by atoms with Gasteiger partial charge in [0.2, 0.25) is 0 Å². The predicted molar refractivity (Wildman–Crippen MR) is 78.4 cm³/mol. The molecule has 0 radical (unpaired) electrons. The summed E-state index contributed by atoms with van der Waals surface area (Å²) in [6.07, 6.45) is -3.94. The fraction of sp³-hybridized carbons (Fsp3) is 0.200. The number of hydrogen-bond acceptors (Lipinski definition) is 2. The highest BCUT2D eigenvalue weighted by molar-refractivity contribution is 9.10. The van der Waals surface area contributed by atoms with Crippen molar-refractivity contribution in [1.29, 1.82) is 0 Å². The average molecular weight is 360 g/mol. The van der Waals surface area contributed by atoms with Crippen LogP contribution in [0.4, 0.5) is 13.2 Å². The summed E-state index contributed by atoms with van der Waals surface area (Å²) in [4.78, 5) is 0. The van der Waals surface area contributed by atoms with Gasteiger partial charge in [-0.15, -0.1) is 0 Å². The number of hydrogen-bond donors (Lipinski definition) is 1. The molecule has 2 aromatic carbocycles. The van der Waals surface area contributed by atoms with Crippen LogP contribution in [0, 0.1) is 0 Å². The Morgan fingerprint density at radius 2 is 1.76 bits per heavy atom. The highest BCUT2D eigenvalue weighted by Gasteiger charge is 2.34. The second-order valence-corrected chi connectivity index (χ2v) is 5.30. The average Bonchev–Trinajstić information content (AvgIpc) is 2.41. The lowest BCUT2D eigenvalue weighted by Gasteiger charge is -2.16. The topological polar surface area (TPSA) is 35.2 Å². The van der Waals surface area contributed by atoms with Crippen LogP contribution < -0.4 is 10.5 Å². The van der Waals surface area contributed by atoms with E-state index in [0.29, 0.717) is 18.7 Å². The fourth-order valence-electron chi connectivity index (χ4n) is 1.89. The van der Waals surface area contributed by atoms with Crippen molar-refractivity contribution >= 4 is 15.9 Å². The summed E-state index contributed by atoms with van der Waals surface area (Å²) in [5.74, 6) is 0.146. The maximum atomic E-state index is 13.0. The quantitative estimate of drug-likeness (QED) is 0.853. The molecule has 0 fully saturated rings. The Bertz CT molecular complexity index is 629. The van der Waals surface area contributed by atoms with Gasteiger partial charge in [-0.25, -0.2) is 0 Å². The first-order valence-electron chi connectivity index (χ1n) is 6.24. The van der Waals surface area contributed by atoms with Gasteiger partial charge in [0.15, 0.2) is 0 Å². The Kier molecular flexibility index (Phi) is 4.90. The first kappa shape index (κ1) is 15.9. The molecule has 0 bridgehead atoms. The molecule has 2 rings (SSSR count). The zero-order chi connectivity index (χ0) is 15.5. The molecule has 0 aliphatic heterocycles. The van der Waals surface area contributed by atoms with Crippen LogP contribution >= 0.6 is 15.9 Å². The summed E-state index contributed by atoms with van der Waals surface area (Å²) in [7, 11) is 0. The largest absolute Gasteiger partial charge is 0.456 e. The molecule has 21 heavy (non-hydrogen) atoms. The summed E-state index contributed by atoms with van der Waals surface area (Å²) in [6, 6.07) is 10.3. The lowest BCUT2D eigenvalue weighted by Crippen LogP contribution is -2.08. The molecule has 0 aromatic heterocycles. The lowest BCUT2D eigenvalue weighted by atomic mass is 10.1. The smallest absolute Gasteiger partial charge is 0.419 e. The second kappa shape index (κ2) is 6.49. The van der Waals surface area contributed by atoms with E-state index in [0.717, 1.165) is 16.1 Å². The van der Waals surface area contributed by atoms with E-state index in [4.69, 9.17) is 10.5 Å². The van der Waals surface area contributed by atoms with Crippen LogP contribution in [0.1, 0.15) is 11.1 Å². The molecule has 6 heteroatoms. The molecule has 0 unspecified atom stereocenters. The Morgan fingerprint density at radius 3 is 2.43 bits per heavy atom. The van der Waals surface area contributed by atoms with Crippen LogP contribution in [0.25, 0.3) is 0 Å². The van der Waals surface area contributed by atoms with E-state index in [9.17, 15) is 13.2 Å². The van der Waals surface area contributed by atoms with Crippen molar-refractivity contribution in [2.45, 2.75) is 12.6 Å². The van der Waals surface area contributed by atoms with Crippen molar-refractivity contribution in [3.8, 4) is 11.5 Å². The SMILES string of the molecule is NCCc1ccc(Br)cc1Oc1ccccc1C(F)(F)F. The van der Waals surface area contributed by atoms with Gasteiger partial charge < -0.3 is 10.5 Å². The summed E-state index contributed by atoms with van der Waals surface area (Å²) < 4.78 is 45.1. The third-order valence-corrected chi connectivity index (χ3v) is 3.35. The third kappa shape index (κ3) is 3.98. The first-order valence-corrected chi connectivity index (χ1v) is 7.03. The normalized spacial score (nSPS) is 11.5. The first-order chi connectivity index (χ1) is 9.91. The van der Waals surface area contributed by atoms with Crippen molar-refractivity contribution in [2.24, 2.45) is 5.73 Å². The van der Waals surface area contributed by atoms with Crippen molar-refractivity contribution in [1.82, 2.24) is 0 Å². The van der Waals surface area contributed by atoms with E-state index in [1.165, 1.54) is 18.2 Å². The highest BCUT2D eigenvalue weighted by atomic mass is 79.9. The number of para-hydroxylation sites is 1. The van der Waals surface area contributed by atoms with E-state index in [1.54, 1.807) is 18.2 Å². The standard InChI is InChI=1S/C15H13BrF3NO/c16-11-6-5-10(7-8-20)14(9-11)21-13-4-2-1-3-12(13)15(17,18)19/h1-6,9H,7-8,20H2. The van der Waals surface area contributed by atoms with Crippen molar-refractivity contribution in [2.75, 3.05) is 6.54 Å². The molecule has 0 spiro atoms. The summed E-state index contributed by atoms with van der Waals surface area (Å²) in [5, 5.41) is 0. The minimum Gasteiger partial charge on any atom is -0.456 e. The van der Waals surface area contributed by atoms with E-state index < -0.39 is 11.7 Å². The summed E-state index contributed by atoms with van der Waals surface area (Å²) >= 11 is 3.29.